The van der Waals surface area contributed by atoms with Crippen LogP contribution in [0.5, 0.6) is 0 Å². The molecule has 0 aromatic carbocycles. The Morgan fingerprint density at radius 3 is 2.85 bits per heavy atom. The van der Waals surface area contributed by atoms with Crippen LogP contribution in [0.3, 0.4) is 0 Å². The molecule has 110 valence electrons. The second-order valence-electron chi connectivity index (χ2n) is 4.60. The van der Waals surface area contributed by atoms with Crippen molar-refractivity contribution in [3.8, 4) is 0 Å². The fourth-order valence-corrected chi connectivity index (χ4v) is 3.22. The first-order valence-corrected chi connectivity index (χ1v) is 7.45. The van der Waals surface area contributed by atoms with E-state index in [0.717, 1.165) is 29.1 Å². The highest BCUT2D eigenvalue weighted by molar-refractivity contribution is 7.99. The number of hydrogen-bond acceptors (Lipinski definition) is 5. The Morgan fingerprint density at radius 2 is 2.20 bits per heavy atom. The molecule has 20 heavy (non-hydrogen) atoms. The summed E-state index contributed by atoms with van der Waals surface area (Å²) >= 11 is 1.45. The smallest absolute Gasteiger partial charge is 0.330 e. The Bertz CT molecular complexity index is 641. The van der Waals surface area contributed by atoms with Gasteiger partial charge in [-0.05, 0) is 38.1 Å². The van der Waals surface area contributed by atoms with Crippen molar-refractivity contribution in [3.63, 3.8) is 0 Å². The molecule has 3 N–H and O–H groups in total. The number of aryl methyl sites for hydroxylation is 2. The van der Waals surface area contributed by atoms with Crippen molar-refractivity contribution in [2.24, 2.45) is 12.8 Å². The standard InChI is InChI=1S/C12H20N6OS/c1-4-7-18-11(19)14-15-12(18)20-10-9(5-6-13)8(2)16-17(10)3/h4-7,13H2,1-3H3,(H,14,19). The zero-order valence-corrected chi connectivity index (χ0v) is 12.8. The van der Waals surface area contributed by atoms with Gasteiger partial charge in [-0.25, -0.2) is 9.89 Å². The third kappa shape index (κ3) is 2.80. The average Bonchev–Trinajstić information content (AvgIpc) is 2.87. The van der Waals surface area contributed by atoms with Crippen LogP contribution < -0.4 is 11.4 Å². The van der Waals surface area contributed by atoms with Gasteiger partial charge in [0.25, 0.3) is 0 Å². The summed E-state index contributed by atoms with van der Waals surface area (Å²) in [5.41, 5.74) is 7.58. The van der Waals surface area contributed by atoms with E-state index in [0.29, 0.717) is 18.2 Å². The quantitative estimate of drug-likeness (QED) is 0.817. The Labute approximate surface area is 121 Å². The molecule has 0 bridgehead atoms. The average molecular weight is 296 g/mol. The second-order valence-corrected chi connectivity index (χ2v) is 5.55. The van der Waals surface area contributed by atoms with E-state index >= 15 is 0 Å². The molecule has 0 radical (unpaired) electrons. The van der Waals surface area contributed by atoms with Crippen molar-refractivity contribution in [3.05, 3.63) is 21.7 Å². The Hall–Kier alpha value is -1.54. The van der Waals surface area contributed by atoms with Gasteiger partial charge in [0.15, 0.2) is 5.16 Å². The van der Waals surface area contributed by atoms with E-state index in [1.54, 1.807) is 4.57 Å². The lowest BCUT2D eigenvalue weighted by atomic mass is 10.2. The summed E-state index contributed by atoms with van der Waals surface area (Å²) < 4.78 is 3.47. The van der Waals surface area contributed by atoms with Crippen LogP contribution >= 0.6 is 11.8 Å². The predicted octanol–water partition coefficient (Wildman–Crippen LogP) is 0.676. The van der Waals surface area contributed by atoms with Crippen LogP contribution in [-0.4, -0.2) is 31.1 Å². The molecule has 0 unspecified atom stereocenters. The van der Waals surface area contributed by atoms with Gasteiger partial charge in [-0.2, -0.15) is 5.10 Å². The van der Waals surface area contributed by atoms with Crippen LogP contribution in [0.2, 0.25) is 0 Å². The molecule has 7 nitrogen and oxygen atoms in total. The zero-order valence-electron chi connectivity index (χ0n) is 12.0. The van der Waals surface area contributed by atoms with Crippen LogP contribution in [0.15, 0.2) is 15.0 Å². The monoisotopic (exact) mass is 296 g/mol. The fourth-order valence-electron chi connectivity index (χ4n) is 2.13. The van der Waals surface area contributed by atoms with Crippen molar-refractivity contribution in [2.75, 3.05) is 6.54 Å². The molecule has 0 saturated carbocycles. The third-order valence-electron chi connectivity index (χ3n) is 3.04. The number of rotatable bonds is 6. The van der Waals surface area contributed by atoms with Crippen LogP contribution in [0.25, 0.3) is 0 Å². The molecular weight excluding hydrogens is 276 g/mol. The summed E-state index contributed by atoms with van der Waals surface area (Å²) in [4.78, 5) is 11.7. The summed E-state index contributed by atoms with van der Waals surface area (Å²) in [6, 6.07) is 0. The maximum atomic E-state index is 11.7. The summed E-state index contributed by atoms with van der Waals surface area (Å²) in [5.74, 6) is 0. The molecule has 2 aromatic heterocycles. The normalized spacial score (nSPS) is 11.2. The third-order valence-corrected chi connectivity index (χ3v) is 4.24. The first-order chi connectivity index (χ1) is 9.58. The van der Waals surface area contributed by atoms with E-state index < -0.39 is 0 Å². The van der Waals surface area contributed by atoms with E-state index in [1.807, 2.05) is 25.6 Å². The van der Waals surface area contributed by atoms with Crippen molar-refractivity contribution in [1.82, 2.24) is 24.5 Å². The fraction of sp³-hybridized carbons (Fsp3) is 0.583. The van der Waals surface area contributed by atoms with E-state index in [-0.39, 0.29) is 5.69 Å². The lowest BCUT2D eigenvalue weighted by Gasteiger charge is -2.06. The maximum absolute atomic E-state index is 11.7. The molecule has 0 saturated heterocycles. The molecule has 2 rings (SSSR count). The maximum Gasteiger partial charge on any atom is 0.343 e. The van der Waals surface area contributed by atoms with Gasteiger partial charge in [0.2, 0.25) is 0 Å². The summed E-state index contributed by atoms with van der Waals surface area (Å²) in [6.45, 7) is 5.23. The number of H-pyrrole nitrogens is 1. The van der Waals surface area contributed by atoms with Gasteiger partial charge in [-0.3, -0.25) is 9.25 Å². The van der Waals surface area contributed by atoms with E-state index in [9.17, 15) is 4.79 Å². The first kappa shape index (κ1) is 14.9. The van der Waals surface area contributed by atoms with Crippen LogP contribution in [-0.2, 0) is 20.0 Å². The molecule has 2 heterocycles. The van der Waals surface area contributed by atoms with Crippen molar-refractivity contribution in [1.29, 1.82) is 0 Å². The summed E-state index contributed by atoms with van der Waals surface area (Å²) in [5, 5.41) is 12.7. The van der Waals surface area contributed by atoms with Crippen molar-refractivity contribution in [2.45, 2.75) is 43.4 Å². The lowest BCUT2D eigenvalue weighted by Crippen LogP contribution is -2.17. The van der Waals surface area contributed by atoms with Gasteiger partial charge < -0.3 is 5.73 Å². The van der Waals surface area contributed by atoms with E-state index in [1.165, 1.54) is 11.8 Å². The lowest BCUT2D eigenvalue weighted by molar-refractivity contribution is 0.601. The zero-order chi connectivity index (χ0) is 14.7. The Balaban J connectivity index is 2.37. The highest BCUT2D eigenvalue weighted by Gasteiger charge is 2.17. The molecule has 0 atom stereocenters. The minimum absolute atomic E-state index is 0.173. The molecule has 0 fully saturated rings. The topological polar surface area (TPSA) is 94.5 Å². The van der Waals surface area contributed by atoms with Crippen molar-refractivity contribution < 1.29 is 0 Å². The minimum Gasteiger partial charge on any atom is -0.330 e. The van der Waals surface area contributed by atoms with Crippen LogP contribution in [0.4, 0.5) is 0 Å². The molecule has 0 amide bonds. The van der Waals surface area contributed by atoms with Gasteiger partial charge in [0.05, 0.1) is 5.69 Å². The minimum atomic E-state index is -0.173. The van der Waals surface area contributed by atoms with Gasteiger partial charge in [-0.1, -0.05) is 6.92 Å². The molecule has 0 aliphatic rings. The van der Waals surface area contributed by atoms with Crippen molar-refractivity contribution >= 4 is 11.8 Å². The number of nitrogens with two attached hydrogens (primary N) is 1. The number of nitrogens with zero attached hydrogens (tertiary/aromatic N) is 4. The van der Waals surface area contributed by atoms with E-state index in [4.69, 9.17) is 5.73 Å². The highest BCUT2D eigenvalue weighted by Crippen LogP contribution is 2.30. The summed E-state index contributed by atoms with van der Waals surface area (Å²) in [6.07, 6.45) is 1.65. The van der Waals surface area contributed by atoms with Gasteiger partial charge in [0, 0.05) is 19.2 Å². The number of nitrogens with one attached hydrogen (secondary N) is 1. The molecule has 0 aliphatic heterocycles. The predicted molar refractivity (Wildman–Crippen MR) is 78.0 cm³/mol. The molecule has 8 heteroatoms. The molecular formula is C12H20N6OS. The summed E-state index contributed by atoms with van der Waals surface area (Å²) in [7, 11) is 1.89. The second kappa shape index (κ2) is 6.27. The largest absolute Gasteiger partial charge is 0.343 e. The number of hydrogen-bond donors (Lipinski definition) is 2. The Morgan fingerprint density at radius 1 is 1.45 bits per heavy atom. The first-order valence-electron chi connectivity index (χ1n) is 6.64. The molecule has 2 aromatic rings. The van der Waals surface area contributed by atoms with E-state index in [2.05, 4.69) is 15.3 Å². The number of aromatic amines is 1. The molecule has 0 aliphatic carbocycles. The SMILES string of the molecule is CCCn1c(Sc2c(CCN)c(C)nn2C)n[nH]c1=O. The number of aromatic nitrogens is 5. The highest BCUT2D eigenvalue weighted by atomic mass is 32.2. The molecule has 0 spiro atoms. The van der Waals surface area contributed by atoms with Crippen LogP contribution in [0.1, 0.15) is 24.6 Å². The van der Waals surface area contributed by atoms with Gasteiger partial charge in [0.1, 0.15) is 5.03 Å². The van der Waals surface area contributed by atoms with Crippen LogP contribution in [0, 0.1) is 6.92 Å². The Kier molecular flexibility index (Phi) is 4.66. The van der Waals surface area contributed by atoms with Gasteiger partial charge in [-0.15, -0.1) is 5.10 Å². The van der Waals surface area contributed by atoms with Gasteiger partial charge >= 0.3 is 5.69 Å².